The number of likely N-dealkylation sites (tertiary alicyclic amines) is 1. The topological polar surface area (TPSA) is 32.3 Å². The van der Waals surface area contributed by atoms with Crippen molar-refractivity contribution in [2.45, 2.75) is 26.7 Å². The summed E-state index contributed by atoms with van der Waals surface area (Å²) in [5.41, 5.74) is -0.497. The van der Waals surface area contributed by atoms with E-state index in [2.05, 4.69) is 24.1 Å². The fourth-order valence-electron chi connectivity index (χ4n) is 3.28. The zero-order valence-corrected chi connectivity index (χ0v) is 13.2. The maximum atomic E-state index is 13.5. The highest BCUT2D eigenvalue weighted by Crippen LogP contribution is 2.20. The fraction of sp³-hybridized carbons (Fsp3) is 0.588. The summed E-state index contributed by atoms with van der Waals surface area (Å²) in [6, 6.07) is 3.43. The van der Waals surface area contributed by atoms with E-state index in [4.69, 9.17) is 0 Å². The summed E-state index contributed by atoms with van der Waals surface area (Å²) >= 11 is 0. The van der Waals surface area contributed by atoms with Gasteiger partial charge in [-0.25, -0.2) is 8.78 Å². The number of hydrogen-bond donors (Lipinski definition) is 1. The van der Waals surface area contributed by atoms with Gasteiger partial charge in [-0.15, -0.1) is 0 Å². The van der Waals surface area contributed by atoms with Crippen molar-refractivity contribution < 1.29 is 13.6 Å². The van der Waals surface area contributed by atoms with E-state index in [0.29, 0.717) is 18.4 Å². The largest absolute Gasteiger partial charge is 0.352 e. The van der Waals surface area contributed by atoms with Crippen LogP contribution in [0.4, 0.5) is 8.78 Å². The maximum Gasteiger partial charge on any atom is 0.257 e. The Labute approximate surface area is 130 Å². The van der Waals surface area contributed by atoms with Crippen LogP contribution in [0.25, 0.3) is 0 Å². The zero-order valence-electron chi connectivity index (χ0n) is 13.2. The van der Waals surface area contributed by atoms with Gasteiger partial charge < -0.3 is 10.2 Å². The van der Waals surface area contributed by atoms with Gasteiger partial charge in [-0.05, 0) is 43.4 Å². The van der Waals surface area contributed by atoms with Gasteiger partial charge in [0.15, 0.2) is 0 Å². The standard InChI is InChI=1S/C17H24F2N2O/c1-12-9-13(2)11-21(10-12)8-4-7-20-17(22)16-14(18)5-3-6-15(16)19/h3,5-6,12-13H,4,7-11H2,1-2H3,(H,20,22)/t12-,13-/m1/s1. The van der Waals surface area contributed by atoms with E-state index in [1.807, 2.05) is 0 Å². The molecule has 1 amide bonds. The molecule has 0 spiro atoms. The second-order valence-electron chi connectivity index (χ2n) is 6.41. The van der Waals surface area contributed by atoms with E-state index in [9.17, 15) is 13.6 Å². The maximum absolute atomic E-state index is 13.5. The number of rotatable bonds is 5. The van der Waals surface area contributed by atoms with Crippen molar-refractivity contribution in [3.05, 3.63) is 35.4 Å². The highest BCUT2D eigenvalue weighted by molar-refractivity contribution is 5.94. The lowest BCUT2D eigenvalue weighted by atomic mass is 9.92. The highest BCUT2D eigenvalue weighted by Gasteiger charge is 2.21. The summed E-state index contributed by atoms with van der Waals surface area (Å²) in [6.07, 6.45) is 2.04. The van der Waals surface area contributed by atoms with E-state index < -0.39 is 23.1 Å². The number of carbonyl (C=O) groups is 1. The van der Waals surface area contributed by atoms with Crippen LogP contribution in [0.5, 0.6) is 0 Å². The van der Waals surface area contributed by atoms with Crippen molar-refractivity contribution in [2.24, 2.45) is 11.8 Å². The van der Waals surface area contributed by atoms with Gasteiger partial charge in [0.05, 0.1) is 0 Å². The van der Waals surface area contributed by atoms with Gasteiger partial charge in [-0.2, -0.15) is 0 Å². The third-order valence-electron chi connectivity index (χ3n) is 4.07. The molecule has 0 aromatic heterocycles. The number of nitrogens with one attached hydrogen (secondary N) is 1. The summed E-state index contributed by atoms with van der Waals surface area (Å²) in [5.74, 6) is -0.931. The van der Waals surface area contributed by atoms with Gasteiger partial charge >= 0.3 is 0 Å². The van der Waals surface area contributed by atoms with Crippen LogP contribution in [0.3, 0.4) is 0 Å². The first-order chi connectivity index (χ1) is 10.5. The van der Waals surface area contributed by atoms with Gasteiger partial charge in [-0.3, -0.25) is 4.79 Å². The normalized spacial score (nSPS) is 22.5. The Morgan fingerprint density at radius 3 is 2.41 bits per heavy atom. The average molecular weight is 310 g/mol. The number of carbonyl (C=O) groups excluding carboxylic acids is 1. The van der Waals surface area contributed by atoms with Crippen LogP contribution < -0.4 is 5.32 Å². The number of hydrogen-bond acceptors (Lipinski definition) is 2. The molecular formula is C17H24F2N2O. The molecule has 0 aliphatic carbocycles. The number of halogens is 2. The van der Waals surface area contributed by atoms with Gasteiger partial charge in [0.2, 0.25) is 0 Å². The van der Waals surface area contributed by atoms with Crippen molar-refractivity contribution in [1.82, 2.24) is 10.2 Å². The highest BCUT2D eigenvalue weighted by atomic mass is 19.1. The van der Waals surface area contributed by atoms with E-state index in [-0.39, 0.29) is 0 Å². The van der Waals surface area contributed by atoms with Crippen molar-refractivity contribution in [2.75, 3.05) is 26.2 Å². The Hall–Kier alpha value is -1.49. The molecule has 1 aliphatic rings. The first kappa shape index (κ1) is 16.9. The molecular weight excluding hydrogens is 286 g/mol. The Balaban J connectivity index is 1.76. The third kappa shape index (κ3) is 4.50. The fourth-order valence-corrected chi connectivity index (χ4v) is 3.28. The lowest BCUT2D eigenvalue weighted by molar-refractivity contribution is 0.0939. The molecule has 1 aromatic carbocycles. The molecule has 3 nitrogen and oxygen atoms in total. The Bertz CT molecular complexity index is 491. The van der Waals surface area contributed by atoms with E-state index in [1.165, 1.54) is 12.5 Å². The summed E-state index contributed by atoms with van der Waals surface area (Å²) in [7, 11) is 0. The minimum Gasteiger partial charge on any atom is -0.352 e. The molecule has 1 fully saturated rings. The minimum absolute atomic E-state index is 0.422. The molecule has 1 saturated heterocycles. The summed E-state index contributed by atoms with van der Waals surface area (Å²) in [5, 5.41) is 2.60. The number of amides is 1. The lowest BCUT2D eigenvalue weighted by Gasteiger charge is -2.34. The molecule has 22 heavy (non-hydrogen) atoms. The van der Waals surface area contributed by atoms with Crippen molar-refractivity contribution >= 4 is 5.91 Å². The summed E-state index contributed by atoms with van der Waals surface area (Å²) in [6.45, 7) is 8.00. The summed E-state index contributed by atoms with van der Waals surface area (Å²) < 4.78 is 27.0. The minimum atomic E-state index is -0.823. The molecule has 5 heteroatoms. The molecule has 0 saturated carbocycles. The number of nitrogens with zero attached hydrogens (tertiary/aromatic N) is 1. The molecule has 2 atom stereocenters. The van der Waals surface area contributed by atoms with Crippen molar-refractivity contribution in [3.63, 3.8) is 0 Å². The van der Waals surface area contributed by atoms with Gasteiger partial charge in [0.25, 0.3) is 5.91 Å². The molecule has 1 aromatic rings. The van der Waals surface area contributed by atoms with Gasteiger partial charge in [-0.1, -0.05) is 19.9 Å². The number of benzene rings is 1. The Morgan fingerprint density at radius 1 is 1.23 bits per heavy atom. The predicted molar refractivity (Wildman–Crippen MR) is 82.7 cm³/mol. The monoisotopic (exact) mass is 310 g/mol. The molecule has 1 N–H and O–H groups in total. The van der Waals surface area contributed by atoms with Gasteiger partial charge in [0, 0.05) is 19.6 Å². The molecule has 122 valence electrons. The Kier molecular flexibility index (Phi) is 5.89. The van der Waals surface area contributed by atoms with Crippen LogP contribution in [0, 0.1) is 23.5 Å². The van der Waals surface area contributed by atoms with E-state index in [1.54, 1.807) is 0 Å². The van der Waals surface area contributed by atoms with Crippen LogP contribution >= 0.6 is 0 Å². The molecule has 0 bridgehead atoms. The molecule has 1 heterocycles. The first-order valence-corrected chi connectivity index (χ1v) is 7.92. The first-order valence-electron chi connectivity index (χ1n) is 7.92. The summed E-state index contributed by atoms with van der Waals surface area (Å²) in [4.78, 5) is 14.2. The van der Waals surface area contributed by atoms with Crippen LogP contribution in [0.15, 0.2) is 18.2 Å². The predicted octanol–water partition coefficient (Wildman–Crippen LogP) is 3.06. The third-order valence-corrected chi connectivity index (χ3v) is 4.07. The molecule has 2 rings (SSSR count). The van der Waals surface area contributed by atoms with E-state index in [0.717, 1.165) is 38.2 Å². The second-order valence-corrected chi connectivity index (χ2v) is 6.41. The quantitative estimate of drug-likeness (QED) is 0.848. The molecule has 1 aliphatic heterocycles. The average Bonchev–Trinajstić information content (AvgIpc) is 2.42. The molecule has 0 radical (unpaired) electrons. The van der Waals surface area contributed by atoms with Crippen LogP contribution in [0.2, 0.25) is 0 Å². The van der Waals surface area contributed by atoms with Crippen LogP contribution in [-0.2, 0) is 0 Å². The van der Waals surface area contributed by atoms with Crippen molar-refractivity contribution in [1.29, 1.82) is 0 Å². The molecule has 0 unspecified atom stereocenters. The van der Waals surface area contributed by atoms with E-state index >= 15 is 0 Å². The smallest absolute Gasteiger partial charge is 0.257 e. The lowest BCUT2D eigenvalue weighted by Crippen LogP contribution is -2.40. The SMILES string of the molecule is C[C@@H]1C[C@@H](C)CN(CCCNC(=O)c2c(F)cccc2F)C1. The van der Waals surface area contributed by atoms with Crippen LogP contribution in [0.1, 0.15) is 37.0 Å². The zero-order chi connectivity index (χ0) is 16.1. The van der Waals surface area contributed by atoms with Crippen molar-refractivity contribution in [3.8, 4) is 0 Å². The van der Waals surface area contributed by atoms with Crippen LogP contribution in [-0.4, -0.2) is 37.0 Å². The Morgan fingerprint density at radius 2 is 1.82 bits per heavy atom. The second kappa shape index (κ2) is 7.68. The number of piperidine rings is 1. The van der Waals surface area contributed by atoms with Gasteiger partial charge in [0.1, 0.15) is 17.2 Å².